The lowest BCUT2D eigenvalue weighted by Gasteiger charge is -2.25. The summed E-state index contributed by atoms with van der Waals surface area (Å²) in [5.74, 6) is 0. The van der Waals surface area contributed by atoms with Crippen molar-refractivity contribution in [2.24, 2.45) is 0 Å². The molecule has 0 amide bonds. The predicted molar refractivity (Wildman–Crippen MR) is 184 cm³/mol. The van der Waals surface area contributed by atoms with E-state index in [1.54, 1.807) is 0 Å². The molecule has 10 nitrogen and oxygen atoms in total. The Kier molecular flexibility index (Phi) is 18.7. The van der Waals surface area contributed by atoms with Gasteiger partial charge in [0.2, 0.25) is 0 Å². The van der Waals surface area contributed by atoms with E-state index in [1.807, 2.05) is 18.2 Å². The van der Waals surface area contributed by atoms with Gasteiger partial charge in [-0.15, -0.1) is 0 Å². The maximum absolute atomic E-state index is 9.07. The molecule has 46 heavy (non-hydrogen) atoms. The Hall–Kier alpha value is -2.71. The quantitative estimate of drug-likeness (QED) is 0.102. The van der Waals surface area contributed by atoms with Crippen LogP contribution in [0.4, 0.5) is 5.69 Å². The van der Waals surface area contributed by atoms with E-state index in [9.17, 15) is 0 Å². The van der Waals surface area contributed by atoms with E-state index in [0.717, 1.165) is 38.1 Å². The minimum atomic E-state index is -0.0148. The first kappa shape index (κ1) is 37.7. The Morgan fingerprint density at radius 1 is 0.609 bits per heavy atom. The second-order valence-electron chi connectivity index (χ2n) is 10.3. The average Bonchev–Trinajstić information content (AvgIpc) is 3.08. The summed E-state index contributed by atoms with van der Waals surface area (Å²) in [6.45, 7) is 5.56. The van der Waals surface area contributed by atoms with Gasteiger partial charge in [0.25, 0.3) is 0 Å². The van der Waals surface area contributed by atoms with Crippen molar-refractivity contribution >= 4 is 32.9 Å². The SMILES string of the molecule is OCCOCCN(CCOCCO)c1ccc(C(=C2C=CC(=[N+](CCOCCO)CCOCCO)C=C2)c2ccccc2Br)cc1. The van der Waals surface area contributed by atoms with Crippen LogP contribution < -0.4 is 4.90 Å². The minimum absolute atomic E-state index is 0.0148. The summed E-state index contributed by atoms with van der Waals surface area (Å²) in [7, 11) is 0. The standard InChI is InChI=1S/C35H48BrN2O8/c36-34-4-2-1-3-33(34)35(29-5-9-31(10-6-29)37(13-21-43-25-17-39)14-22-44-26-18-40)30-7-11-32(12-8-30)38(15-23-45-27-19-41)16-24-46-28-20-42/h1-12,39-42H,13-28H2/q+1. The first-order chi connectivity index (χ1) is 22.6. The van der Waals surface area contributed by atoms with Crippen molar-refractivity contribution in [2.45, 2.75) is 0 Å². The van der Waals surface area contributed by atoms with Crippen LogP contribution in [-0.2, 0) is 18.9 Å². The van der Waals surface area contributed by atoms with Crippen molar-refractivity contribution in [3.05, 3.63) is 94.0 Å². The van der Waals surface area contributed by atoms with E-state index < -0.39 is 0 Å². The van der Waals surface area contributed by atoms with E-state index in [-0.39, 0.29) is 26.4 Å². The van der Waals surface area contributed by atoms with Gasteiger partial charge in [0.15, 0.2) is 18.8 Å². The number of hydrogen-bond donors (Lipinski definition) is 4. The zero-order chi connectivity index (χ0) is 32.8. The van der Waals surface area contributed by atoms with Crippen LogP contribution in [0.1, 0.15) is 11.1 Å². The molecule has 11 heteroatoms. The Morgan fingerprint density at radius 2 is 1.11 bits per heavy atom. The number of aliphatic hydroxyl groups excluding tert-OH is 4. The molecule has 252 valence electrons. The van der Waals surface area contributed by atoms with Crippen LogP contribution in [0.25, 0.3) is 5.57 Å². The maximum atomic E-state index is 9.07. The molecule has 0 aromatic heterocycles. The second-order valence-corrected chi connectivity index (χ2v) is 11.1. The van der Waals surface area contributed by atoms with Gasteiger partial charge in [-0.25, -0.2) is 4.58 Å². The number of allylic oxidation sites excluding steroid dienone is 5. The predicted octanol–water partition coefficient (Wildman–Crippen LogP) is 2.67. The largest absolute Gasteiger partial charge is 0.394 e. The summed E-state index contributed by atoms with van der Waals surface area (Å²) in [6.07, 6.45) is 8.44. The second kappa shape index (κ2) is 22.8. The lowest BCUT2D eigenvalue weighted by molar-refractivity contribution is -0.532. The van der Waals surface area contributed by atoms with E-state index in [0.29, 0.717) is 79.0 Å². The van der Waals surface area contributed by atoms with Crippen LogP contribution in [0.15, 0.2) is 82.9 Å². The van der Waals surface area contributed by atoms with Crippen molar-refractivity contribution in [1.82, 2.24) is 0 Å². The monoisotopic (exact) mass is 703 g/mol. The van der Waals surface area contributed by atoms with Crippen LogP contribution in [0.5, 0.6) is 0 Å². The molecule has 0 radical (unpaired) electrons. The van der Waals surface area contributed by atoms with Crippen LogP contribution in [0.3, 0.4) is 0 Å². The van der Waals surface area contributed by atoms with E-state index in [2.05, 4.69) is 80.0 Å². The van der Waals surface area contributed by atoms with Crippen molar-refractivity contribution in [2.75, 3.05) is 110 Å². The number of ether oxygens (including phenoxy) is 4. The fourth-order valence-electron chi connectivity index (χ4n) is 4.92. The van der Waals surface area contributed by atoms with E-state index in [4.69, 9.17) is 39.4 Å². The molecule has 0 fully saturated rings. The summed E-state index contributed by atoms with van der Waals surface area (Å²) in [4.78, 5) is 2.18. The third-order valence-electron chi connectivity index (χ3n) is 7.15. The van der Waals surface area contributed by atoms with Gasteiger partial charge >= 0.3 is 0 Å². The zero-order valence-corrected chi connectivity index (χ0v) is 28.0. The smallest absolute Gasteiger partial charge is 0.200 e. The van der Waals surface area contributed by atoms with Crippen LogP contribution >= 0.6 is 15.9 Å². The summed E-state index contributed by atoms with van der Waals surface area (Å²) in [5, 5.41) is 36.3. The Balaban J connectivity index is 1.92. The molecule has 0 saturated carbocycles. The lowest BCUT2D eigenvalue weighted by Crippen LogP contribution is -2.31. The molecule has 1 aliphatic carbocycles. The molecule has 0 heterocycles. The molecule has 2 aromatic rings. The summed E-state index contributed by atoms with van der Waals surface area (Å²) >= 11 is 3.77. The molecular formula is C35H48BrN2O8+. The highest BCUT2D eigenvalue weighted by Crippen LogP contribution is 2.34. The normalized spacial score (nSPS) is 12.6. The maximum Gasteiger partial charge on any atom is 0.200 e. The molecule has 4 N–H and O–H groups in total. The molecule has 0 spiro atoms. The van der Waals surface area contributed by atoms with Crippen LogP contribution in [-0.4, -0.2) is 136 Å². The number of hydrogen-bond acceptors (Lipinski definition) is 9. The summed E-state index contributed by atoms with van der Waals surface area (Å²) in [6, 6.07) is 16.6. The summed E-state index contributed by atoms with van der Waals surface area (Å²) in [5.41, 5.74) is 6.31. The van der Waals surface area contributed by atoms with Crippen LogP contribution in [0.2, 0.25) is 0 Å². The average molecular weight is 705 g/mol. The molecule has 0 bridgehead atoms. The van der Waals surface area contributed by atoms with Gasteiger partial charge in [0, 0.05) is 35.4 Å². The van der Waals surface area contributed by atoms with Crippen molar-refractivity contribution in [3.63, 3.8) is 0 Å². The van der Waals surface area contributed by atoms with Crippen molar-refractivity contribution < 1.29 is 43.9 Å². The van der Waals surface area contributed by atoms with Crippen molar-refractivity contribution in [1.29, 1.82) is 0 Å². The van der Waals surface area contributed by atoms with Gasteiger partial charge in [-0.05, 0) is 52.6 Å². The molecular weight excluding hydrogens is 656 g/mol. The molecule has 0 saturated heterocycles. The molecule has 0 atom stereocenters. The Morgan fingerprint density at radius 3 is 1.61 bits per heavy atom. The zero-order valence-electron chi connectivity index (χ0n) is 26.4. The van der Waals surface area contributed by atoms with Gasteiger partial charge in [-0.2, -0.15) is 0 Å². The van der Waals surface area contributed by atoms with Crippen molar-refractivity contribution in [3.8, 4) is 0 Å². The van der Waals surface area contributed by atoms with Gasteiger partial charge in [0.05, 0.1) is 66.1 Å². The number of rotatable bonds is 23. The highest BCUT2D eigenvalue weighted by atomic mass is 79.9. The summed E-state index contributed by atoms with van der Waals surface area (Å²) < 4.78 is 25.3. The molecule has 1 aliphatic rings. The van der Waals surface area contributed by atoms with Crippen LogP contribution in [0, 0.1) is 0 Å². The van der Waals surface area contributed by atoms with Gasteiger partial charge in [-0.3, -0.25) is 0 Å². The van der Waals surface area contributed by atoms with Gasteiger partial charge in [-0.1, -0.05) is 46.3 Å². The highest BCUT2D eigenvalue weighted by molar-refractivity contribution is 9.10. The number of anilines is 1. The van der Waals surface area contributed by atoms with E-state index >= 15 is 0 Å². The number of halogens is 1. The topological polar surface area (TPSA) is 124 Å². The first-order valence-corrected chi connectivity index (χ1v) is 16.5. The number of benzene rings is 2. The molecule has 3 rings (SSSR count). The molecule has 0 unspecified atom stereocenters. The Labute approximate surface area is 280 Å². The third-order valence-corrected chi connectivity index (χ3v) is 7.84. The number of nitrogens with zero attached hydrogens (tertiary/aromatic N) is 2. The van der Waals surface area contributed by atoms with Gasteiger partial charge < -0.3 is 44.3 Å². The minimum Gasteiger partial charge on any atom is -0.394 e. The number of aliphatic hydroxyl groups is 4. The lowest BCUT2D eigenvalue weighted by atomic mass is 9.90. The highest BCUT2D eigenvalue weighted by Gasteiger charge is 2.18. The van der Waals surface area contributed by atoms with E-state index in [1.165, 1.54) is 0 Å². The molecule has 2 aromatic carbocycles. The Bertz CT molecular complexity index is 1240. The third kappa shape index (κ3) is 12.8. The van der Waals surface area contributed by atoms with Gasteiger partial charge in [0.1, 0.15) is 13.2 Å². The fraction of sp³-hybridized carbons (Fsp3) is 0.457. The first-order valence-electron chi connectivity index (χ1n) is 15.7. The fourth-order valence-corrected chi connectivity index (χ4v) is 5.41. The molecule has 0 aliphatic heterocycles.